The Bertz CT molecular complexity index is 416. The standard InChI is InChI=1S/C8H10ClNO2S/c1-5-3-6(13(2,11)12)4-7(9)8(5)10/h3-4H,10H2,1-2H3. The average Bonchev–Trinajstić information content (AvgIpc) is 1.97. The third-order valence-corrected chi connectivity index (χ3v) is 3.14. The predicted molar refractivity (Wildman–Crippen MR) is 53.7 cm³/mol. The maximum absolute atomic E-state index is 11.1. The molecule has 0 aliphatic heterocycles. The first kappa shape index (κ1) is 10.3. The van der Waals surface area contributed by atoms with E-state index in [1.165, 1.54) is 12.1 Å². The Morgan fingerprint density at radius 3 is 2.31 bits per heavy atom. The van der Waals surface area contributed by atoms with E-state index in [1.54, 1.807) is 6.92 Å². The van der Waals surface area contributed by atoms with Gasteiger partial charge in [-0.25, -0.2) is 8.42 Å². The van der Waals surface area contributed by atoms with Crippen LogP contribution in [0.2, 0.25) is 5.02 Å². The summed E-state index contributed by atoms with van der Waals surface area (Å²) < 4.78 is 22.3. The number of sulfone groups is 1. The van der Waals surface area contributed by atoms with E-state index in [2.05, 4.69) is 0 Å². The molecule has 0 spiro atoms. The van der Waals surface area contributed by atoms with Crippen molar-refractivity contribution in [2.75, 3.05) is 12.0 Å². The number of rotatable bonds is 1. The molecule has 0 aliphatic carbocycles. The van der Waals surface area contributed by atoms with Crippen LogP contribution in [0, 0.1) is 6.92 Å². The predicted octanol–water partition coefficient (Wildman–Crippen LogP) is 1.63. The van der Waals surface area contributed by atoms with Gasteiger partial charge in [-0.1, -0.05) is 11.6 Å². The maximum atomic E-state index is 11.1. The molecule has 0 unspecified atom stereocenters. The molecule has 0 saturated carbocycles. The van der Waals surface area contributed by atoms with Gasteiger partial charge in [-0.05, 0) is 24.6 Å². The molecule has 0 aliphatic rings. The number of anilines is 1. The Morgan fingerprint density at radius 1 is 1.38 bits per heavy atom. The molecular formula is C8H10ClNO2S. The van der Waals surface area contributed by atoms with E-state index in [4.69, 9.17) is 17.3 Å². The van der Waals surface area contributed by atoms with Crippen LogP contribution in [0.15, 0.2) is 17.0 Å². The minimum Gasteiger partial charge on any atom is -0.397 e. The molecule has 0 heterocycles. The number of benzene rings is 1. The molecule has 1 aromatic rings. The van der Waals surface area contributed by atoms with Gasteiger partial charge in [0.25, 0.3) is 0 Å². The smallest absolute Gasteiger partial charge is 0.175 e. The quantitative estimate of drug-likeness (QED) is 0.731. The summed E-state index contributed by atoms with van der Waals surface area (Å²) in [5.41, 5.74) is 6.67. The van der Waals surface area contributed by atoms with E-state index in [0.717, 1.165) is 6.26 Å². The van der Waals surface area contributed by atoms with Gasteiger partial charge in [0.15, 0.2) is 9.84 Å². The zero-order valence-electron chi connectivity index (χ0n) is 7.33. The van der Waals surface area contributed by atoms with Crippen molar-refractivity contribution in [2.24, 2.45) is 0 Å². The topological polar surface area (TPSA) is 60.2 Å². The molecule has 0 atom stereocenters. The van der Waals surface area contributed by atoms with Crippen LogP contribution in [0.5, 0.6) is 0 Å². The third kappa shape index (κ3) is 2.14. The Balaban J connectivity index is 3.47. The number of nitrogens with two attached hydrogens (primary N) is 1. The lowest BCUT2D eigenvalue weighted by atomic mass is 10.2. The number of aryl methyl sites for hydroxylation is 1. The van der Waals surface area contributed by atoms with E-state index in [9.17, 15) is 8.42 Å². The summed E-state index contributed by atoms with van der Waals surface area (Å²) in [6.45, 7) is 1.72. The van der Waals surface area contributed by atoms with Crippen molar-refractivity contribution in [3.63, 3.8) is 0 Å². The lowest BCUT2D eigenvalue weighted by molar-refractivity contribution is 0.602. The van der Waals surface area contributed by atoms with Crippen molar-refractivity contribution in [3.05, 3.63) is 22.7 Å². The van der Waals surface area contributed by atoms with Crippen LogP contribution in [-0.4, -0.2) is 14.7 Å². The Labute approximate surface area is 82.4 Å². The minimum atomic E-state index is -3.20. The highest BCUT2D eigenvalue weighted by Crippen LogP contribution is 2.26. The first-order valence-corrected chi connectivity index (χ1v) is 5.85. The van der Waals surface area contributed by atoms with E-state index >= 15 is 0 Å². The lowest BCUT2D eigenvalue weighted by Crippen LogP contribution is -2.00. The minimum absolute atomic E-state index is 0.198. The number of nitrogen functional groups attached to an aromatic ring is 1. The second kappa shape index (κ2) is 3.20. The van der Waals surface area contributed by atoms with Gasteiger partial charge in [-0.15, -0.1) is 0 Å². The zero-order chi connectivity index (χ0) is 10.2. The molecule has 0 saturated heterocycles. The second-order valence-corrected chi connectivity index (χ2v) is 5.33. The second-order valence-electron chi connectivity index (χ2n) is 2.91. The Hall–Kier alpha value is -0.740. The van der Waals surface area contributed by atoms with Crippen LogP contribution in [0.4, 0.5) is 5.69 Å². The average molecular weight is 220 g/mol. The Morgan fingerprint density at radius 2 is 1.92 bits per heavy atom. The first-order valence-electron chi connectivity index (χ1n) is 3.58. The van der Waals surface area contributed by atoms with Gasteiger partial charge in [0.05, 0.1) is 15.6 Å². The molecule has 0 bridgehead atoms. The molecule has 0 amide bonds. The van der Waals surface area contributed by atoms with Crippen molar-refractivity contribution in [3.8, 4) is 0 Å². The van der Waals surface area contributed by atoms with Crippen molar-refractivity contribution in [1.82, 2.24) is 0 Å². The van der Waals surface area contributed by atoms with E-state index in [-0.39, 0.29) is 9.92 Å². The number of halogens is 1. The molecule has 0 fully saturated rings. The lowest BCUT2D eigenvalue weighted by Gasteiger charge is -2.05. The number of hydrogen-bond donors (Lipinski definition) is 1. The van der Waals surface area contributed by atoms with Gasteiger partial charge >= 0.3 is 0 Å². The maximum Gasteiger partial charge on any atom is 0.175 e. The van der Waals surface area contributed by atoms with Crippen LogP contribution in [-0.2, 0) is 9.84 Å². The molecular weight excluding hydrogens is 210 g/mol. The molecule has 2 N–H and O–H groups in total. The van der Waals surface area contributed by atoms with Crippen molar-refractivity contribution in [1.29, 1.82) is 0 Å². The molecule has 1 rings (SSSR count). The molecule has 3 nitrogen and oxygen atoms in total. The summed E-state index contributed by atoms with van der Waals surface area (Å²) in [4.78, 5) is 0.198. The number of hydrogen-bond acceptors (Lipinski definition) is 3. The van der Waals surface area contributed by atoms with Gasteiger partial charge in [0, 0.05) is 6.26 Å². The molecule has 0 aromatic heterocycles. The highest BCUT2D eigenvalue weighted by atomic mass is 35.5. The fourth-order valence-corrected chi connectivity index (χ4v) is 1.99. The molecule has 13 heavy (non-hydrogen) atoms. The van der Waals surface area contributed by atoms with E-state index < -0.39 is 9.84 Å². The zero-order valence-corrected chi connectivity index (χ0v) is 8.91. The highest BCUT2D eigenvalue weighted by Gasteiger charge is 2.10. The molecule has 5 heteroatoms. The van der Waals surface area contributed by atoms with Crippen LogP contribution in [0.3, 0.4) is 0 Å². The summed E-state index contributed by atoms with van der Waals surface area (Å²) in [6, 6.07) is 2.87. The van der Waals surface area contributed by atoms with Gasteiger partial charge in [-0.3, -0.25) is 0 Å². The monoisotopic (exact) mass is 219 g/mol. The van der Waals surface area contributed by atoms with Gasteiger partial charge in [0.1, 0.15) is 0 Å². The van der Waals surface area contributed by atoms with Crippen molar-refractivity contribution < 1.29 is 8.42 Å². The van der Waals surface area contributed by atoms with Crippen LogP contribution >= 0.6 is 11.6 Å². The largest absolute Gasteiger partial charge is 0.397 e. The fourth-order valence-electron chi connectivity index (χ4n) is 0.938. The van der Waals surface area contributed by atoms with Crippen LogP contribution in [0.25, 0.3) is 0 Å². The van der Waals surface area contributed by atoms with Gasteiger partial charge in [-0.2, -0.15) is 0 Å². The highest BCUT2D eigenvalue weighted by molar-refractivity contribution is 7.90. The summed E-state index contributed by atoms with van der Waals surface area (Å²) >= 11 is 5.74. The molecule has 72 valence electrons. The Kier molecular flexibility index (Phi) is 2.54. The third-order valence-electron chi connectivity index (χ3n) is 1.74. The summed E-state index contributed by atoms with van der Waals surface area (Å²) in [7, 11) is -3.20. The molecule has 1 aromatic carbocycles. The first-order chi connectivity index (χ1) is 5.82. The normalized spacial score (nSPS) is 11.6. The summed E-state index contributed by atoms with van der Waals surface area (Å²) in [5.74, 6) is 0. The van der Waals surface area contributed by atoms with E-state index in [1.807, 2.05) is 0 Å². The van der Waals surface area contributed by atoms with Gasteiger partial charge < -0.3 is 5.73 Å². The van der Waals surface area contributed by atoms with Crippen molar-refractivity contribution in [2.45, 2.75) is 11.8 Å². The molecule has 0 radical (unpaired) electrons. The summed E-state index contributed by atoms with van der Waals surface area (Å²) in [5, 5.41) is 0.278. The van der Waals surface area contributed by atoms with Crippen LogP contribution in [0.1, 0.15) is 5.56 Å². The van der Waals surface area contributed by atoms with Crippen molar-refractivity contribution >= 4 is 27.1 Å². The summed E-state index contributed by atoms with van der Waals surface area (Å²) in [6.07, 6.45) is 1.13. The van der Waals surface area contributed by atoms with Gasteiger partial charge in [0.2, 0.25) is 0 Å². The SMILES string of the molecule is Cc1cc(S(C)(=O)=O)cc(Cl)c1N. The van der Waals surface area contributed by atoms with Crippen LogP contribution < -0.4 is 5.73 Å². The van der Waals surface area contributed by atoms with E-state index in [0.29, 0.717) is 11.3 Å². The fraction of sp³-hybridized carbons (Fsp3) is 0.250.